The van der Waals surface area contributed by atoms with Crippen LogP contribution in [0, 0.1) is 12.7 Å². The predicted octanol–water partition coefficient (Wildman–Crippen LogP) is 2.90. The summed E-state index contributed by atoms with van der Waals surface area (Å²) in [4.78, 5) is 30.1. The van der Waals surface area contributed by atoms with Crippen molar-refractivity contribution in [2.24, 2.45) is 0 Å². The number of amides is 1. The zero-order valence-electron chi connectivity index (χ0n) is 16.0. The van der Waals surface area contributed by atoms with Gasteiger partial charge in [0.05, 0.1) is 0 Å². The fourth-order valence-electron chi connectivity index (χ4n) is 3.30. The zero-order valence-corrected chi connectivity index (χ0v) is 16.0. The molecule has 0 atom stereocenters. The number of halogens is 1. The first-order valence-corrected chi connectivity index (χ1v) is 9.42. The SMILES string of the molecule is Cc1nc(C(=O)Nc2cccc(F)c2)cc(N2CCN(c3ccccn3)CC2)n1. The molecule has 0 saturated carbocycles. The van der Waals surface area contributed by atoms with Crippen molar-refractivity contribution in [1.82, 2.24) is 15.0 Å². The molecule has 0 radical (unpaired) electrons. The van der Waals surface area contributed by atoms with E-state index in [0.717, 1.165) is 32.0 Å². The average molecular weight is 392 g/mol. The molecule has 1 saturated heterocycles. The smallest absolute Gasteiger partial charge is 0.274 e. The van der Waals surface area contributed by atoms with Crippen LogP contribution < -0.4 is 15.1 Å². The van der Waals surface area contributed by atoms with Crippen LogP contribution >= 0.6 is 0 Å². The van der Waals surface area contributed by atoms with Crippen LogP contribution in [0.15, 0.2) is 54.7 Å². The fraction of sp³-hybridized carbons (Fsp3) is 0.238. The number of anilines is 3. The van der Waals surface area contributed by atoms with Gasteiger partial charge in [-0.3, -0.25) is 4.79 Å². The molecule has 0 bridgehead atoms. The van der Waals surface area contributed by atoms with E-state index in [-0.39, 0.29) is 5.69 Å². The number of carbonyl (C=O) groups excluding carboxylic acids is 1. The molecule has 1 fully saturated rings. The molecule has 2 aromatic heterocycles. The Kier molecular flexibility index (Phi) is 5.33. The van der Waals surface area contributed by atoms with Crippen molar-refractivity contribution in [3.63, 3.8) is 0 Å². The minimum atomic E-state index is -0.409. The Labute approximate surface area is 168 Å². The van der Waals surface area contributed by atoms with Gasteiger partial charge in [-0.15, -0.1) is 0 Å². The summed E-state index contributed by atoms with van der Waals surface area (Å²) in [6.45, 7) is 4.90. The molecule has 3 heterocycles. The number of aromatic nitrogens is 3. The summed E-state index contributed by atoms with van der Waals surface area (Å²) in [6.07, 6.45) is 1.79. The van der Waals surface area contributed by atoms with Crippen molar-refractivity contribution in [3.05, 3.63) is 72.1 Å². The number of piperazine rings is 1. The summed E-state index contributed by atoms with van der Waals surface area (Å²) in [5, 5.41) is 2.68. The van der Waals surface area contributed by atoms with Crippen LogP contribution in [0.1, 0.15) is 16.3 Å². The van der Waals surface area contributed by atoms with Crippen LogP contribution in [-0.2, 0) is 0 Å². The molecule has 29 heavy (non-hydrogen) atoms. The topological polar surface area (TPSA) is 74.2 Å². The van der Waals surface area contributed by atoms with Gasteiger partial charge in [0.25, 0.3) is 5.91 Å². The van der Waals surface area contributed by atoms with Crippen molar-refractivity contribution in [2.75, 3.05) is 41.3 Å². The highest BCUT2D eigenvalue weighted by molar-refractivity contribution is 6.03. The summed E-state index contributed by atoms with van der Waals surface area (Å²) in [6, 6.07) is 13.3. The molecule has 1 aliphatic rings. The lowest BCUT2D eigenvalue weighted by Crippen LogP contribution is -2.47. The molecule has 0 unspecified atom stereocenters. The number of carbonyl (C=O) groups is 1. The quantitative estimate of drug-likeness (QED) is 0.736. The second-order valence-corrected chi connectivity index (χ2v) is 6.79. The van der Waals surface area contributed by atoms with Crippen LogP contribution in [0.5, 0.6) is 0 Å². The molecular formula is C21H21FN6O. The summed E-state index contributed by atoms with van der Waals surface area (Å²) in [5.41, 5.74) is 0.640. The largest absolute Gasteiger partial charge is 0.353 e. The molecule has 1 amide bonds. The van der Waals surface area contributed by atoms with Gasteiger partial charge >= 0.3 is 0 Å². The van der Waals surface area contributed by atoms with Gasteiger partial charge in [-0.25, -0.2) is 19.3 Å². The molecule has 148 valence electrons. The number of nitrogens with zero attached hydrogens (tertiary/aromatic N) is 5. The molecule has 1 aromatic carbocycles. The summed E-state index contributed by atoms with van der Waals surface area (Å²) in [7, 11) is 0. The van der Waals surface area contributed by atoms with Crippen molar-refractivity contribution in [3.8, 4) is 0 Å². The number of hydrogen-bond donors (Lipinski definition) is 1. The van der Waals surface area contributed by atoms with Crippen LogP contribution in [0.2, 0.25) is 0 Å². The number of pyridine rings is 1. The maximum absolute atomic E-state index is 13.4. The third kappa shape index (κ3) is 4.48. The molecular weight excluding hydrogens is 371 g/mol. The van der Waals surface area contributed by atoms with E-state index in [2.05, 4.69) is 30.1 Å². The highest BCUT2D eigenvalue weighted by Gasteiger charge is 2.21. The molecule has 0 aliphatic carbocycles. The van der Waals surface area contributed by atoms with Crippen molar-refractivity contribution < 1.29 is 9.18 Å². The maximum atomic E-state index is 13.4. The lowest BCUT2D eigenvalue weighted by Gasteiger charge is -2.36. The van der Waals surface area contributed by atoms with Gasteiger partial charge in [-0.1, -0.05) is 12.1 Å². The van der Waals surface area contributed by atoms with Gasteiger partial charge in [0.1, 0.15) is 29.0 Å². The van der Waals surface area contributed by atoms with Crippen molar-refractivity contribution in [2.45, 2.75) is 6.92 Å². The Bertz CT molecular complexity index is 1010. The van der Waals surface area contributed by atoms with E-state index in [1.807, 2.05) is 18.2 Å². The van der Waals surface area contributed by atoms with E-state index in [1.54, 1.807) is 31.3 Å². The van der Waals surface area contributed by atoms with Crippen LogP contribution in [-0.4, -0.2) is 47.0 Å². The lowest BCUT2D eigenvalue weighted by molar-refractivity contribution is 0.102. The van der Waals surface area contributed by atoms with Gasteiger partial charge in [0.15, 0.2) is 0 Å². The van der Waals surface area contributed by atoms with Crippen LogP contribution in [0.4, 0.5) is 21.7 Å². The number of benzene rings is 1. The predicted molar refractivity (Wildman–Crippen MR) is 110 cm³/mol. The molecule has 0 spiro atoms. The van der Waals surface area contributed by atoms with Gasteiger partial charge in [0, 0.05) is 44.1 Å². The first-order chi connectivity index (χ1) is 14.1. The third-order valence-corrected chi connectivity index (χ3v) is 4.72. The summed E-state index contributed by atoms with van der Waals surface area (Å²) < 4.78 is 13.4. The number of nitrogens with one attached hydrogen (secondary N) is 1. The van der Waals surface area contributed by atoms with E-state index < -0.39 is 11.7 Å². The molecule has 4 rings (SSSR count). The van der Waals surface area contributed by atoms with Gasteiger partial charge < -0.3 is 15.1 Å². The molecule has 3 aromatic rings. The lowest BCUT2D eigenvalue weighted by atomic mass is 10.2. The number of rotatable bonds is 4. The second-order valence-electron chi connectivity index (χ2n) is 6.79. The van der Waals surface area contributed by atoms with E-state index in [1.165, 1.54) is 12.1 Å². The normalized spacial score (nSPS) is 14.0. The van der Waals surface area contributed by atoms with E-state index in [4.69, 9.17) is 0 Å². The molecule has 1 N–H and O–H groups in total. The Morgan fingerprint density at radius 2 is 1.72 bits per heavy atom. The molecule has 7 nitrogen and oxygen atoms in total. The maximum Gasteiger partial charge on any atom is 0.274 e. The highest BCUT2D eigenvalue weighted by atomic mass is 19.1. The van der Waals surface area contributed by atoms with Crippen molar-refractivity contribution >= 4 is 23.2 Å². The van der Waals surface area contributed by atoms with Crippen molar-refractivity contribution in [1.29, 1.82) is 0 Å². The van der Waals surface area contributed by atoms with E-state index >= 15 is 0 Å². The first kappa shape index (κ1) is 18.8. The second kappa shape index (κ2) is 8.22. The molecule has 8 heteroatoms. The zero-order chi connectivity index (χ0) is 20.2. The Balaban J connectivity index is 1.46. The van der Waals surface area contributed by atoms with Crippen LogP contribution in [0.3, 0.4) is 0 Å². The van der Waals surface area contributed by atoms with E-state index in [9.17, 15) is 9.18 Å². The molecule has 1 aliphatic heterocycles. The third-order valence-electron chi connectivity index (χ3n) is 4.72. The summed E-state index contributed by atoms with van der Waals surface area (Å²) in [5.74, 6) is 1.38. The van der Waals surface area contributed by atoms with Gasteiger partial charge in [0.2, 0.25) is 0 Å². The number of aryl methyl sites for hydroxylation is 1. The number of hydrogen-bond acceptors (Lipinski definition) is 6. The van der Waals surface area contributed by atoms with E-state index in [0.29, 0.717) is 17.3 Å². The van der Waals surface area contributed by atoms with Crippen LogP contribution in [0.25, 0.3) is 0 Å². The van der Waals surface area contributed by atoms with Gasteiger partial charge in [-0.05, 0) is 37.3 Å². The minimum Gasteiger partial charge on any atom is -0.353 e. The highest BCUT2D eigenvalue weighted by Crippen LogP contribution is 2.19. The minimum absolute atomic E-state index is 0.254. The Morgan fingerprint density at radius 1 is 0.966 bits per heavy atom. The Morgan fingerprint density at radius 3 is 2.41 bits per heavy atom. The van der Waals surface area contributed by atoms with Gasteiger partial charge in [-0.2, -0.15) is 0 Å². The standard InChI is InChI=1S/C21H21FN6O/c1-15-24-18(21(29)26-17-6-4-5-16(22)13-17)14-20(25-15)28-11-9-27(10-12-28)19-7-2-3-8-23-19/h2-8,13-14H,9-12H2,1H3,(H,26,29). The fourth-order valence-corrected chi connectivity index (χ4v) is 3.30. The average Bonchev–Trinajstić information content (AvgIpc) is 2.74. The monoisotopic (exact) mass is 392 g/mol. The summed E-state index contributed by atoms with van der Waals surface area (Å²) >= 11 is 0. The Hall–Kier alpha value is -3.55. The first-order valence-electron chi connectivity index (χ1n) is 9.42.